The number of rotatable bonds is 3. The Morgan fingerprint density at radius 2 is 1.62 bits per heavy atom. The number of nitrogens with zero attached hydrogens (tertiary/aromatic N) is 2. The van der Waals surface area contributed by atoms with Crippen molar-refractivity contribution in [1.82, 2.24) is 9.29 Å². The van der Waals surface area contributed by atoms with Gasteiger partial charge >= 0.3 is 0 Å². The molecule has 1 N–H and O–H groups in total. The van der Waals surface area contributed by atoms with Crippen LogP contribution in [0.1, 0.15) is 13.8 Å². The standard InChI is InChI=1S/C20H23N3O2S/c1-15-13-22(14-16(2)21-15)19-9-6-10-20-18(19)11-12-23(20)26(24,25)17-7-4-3-5-8-17/h3-12,15-16,21H,13-14H2,1-2H3. The molecule has 5 nitrogen and oxygen atoms in total. The molecule has 0 bridgehead atoms. The topological polar surface area (TPSA) is 54.3 Å². The summed E-state index contributed by atoms with van der Waals surface area (Å²) >= 11 is 0. The number of benzene rings is 2. The predicted molar refractivity (Wildman–Crippen MR) is 105 cm³/mol. The highest BCUT2D eigenvalue weighted by Crippen LogP contribution is 2.31. The fourth-order valence-electron chi connectivity index (χ4n) is 3.84. The fraction of sp³-hybridized carbons (Fsp3) is 0.300. The molecule has 0 amide bonds. The molecule has 1 aliphatic heterocycles. The van der Waals surface area contributed by atoms with Crippen molar-refractivity contribution < 1.29 is 8.42 Å². The van der Waals surface area contributed by atoms with Crippen molar-refractivity contribution in [2.45, 2.75) is 30.8 Å². The lowest BCUT2D eigenvalue weighted by molar-refractivity contribution is 0.407. The summed E-state index contributed by atoms with van der Waals surface area (Å²) in [7, 11) is -3.61. The zero-order chi connectivity index (χ0) is 18.3. The second-order valence-electron chi connectivity index (χ2n) is 7.01. The highest BCUT2D eigenvalue weighted by Gasteiger charge is 2.24. The number of nitrogens with one attached hydrogen (secondary N) is 1. The maximum atomic E-state index is 13.0. The Bertz CT molecular complexity index is 1020. The molecular formula is C20H23N3O2S. The van der Waals surface area contributed by atoms with Gasteiger partial charge in [-0.25, -0.2) is 12.4 Å². The van der Waals surface area contributed by atoms with Crippen LogP contribution in [0.25, 0.3) is 10.9 Å². The maximum absolute atomic E-state index is 13.0. The van der Waals surface area contributed by atoms with Gasteiger partial charge in [-0.3, -0.25) is 0 Å². The second kappa shape index (κ2) is 6.45. The summed E-state index contributed by atoms with van der Waals surface area (Å²) < 4.78 is 27.5. The molecule has 1 aliphatic rings. The van der Waals surface area contributed by atoms with E-state index in [1.807, 2.05) is 24.3 Å². The fourth-order valence-corrected chi connectivity index (χ4v) is 5.21. The van der Waals surface area contributed by atoms with E-state index in [9.17, 15) is 8.42 Å². The van der Waals surface area contributed by atoms with Crippen molar-refractivity contribution in [2.75, 3.05) is 18.0 Å². The summed E-state index contributed by atoms with van der Waals surface area (Å²) in [6, 6.07) is 17.1. The Hall–Kier alpha value is -2.31. The summed E-state index contributed by atoms with van der Waals surface area (Å²) in [5.74, 6) is 0. The van der Waals surface area contributed by atoms with Crippen LogP contribution in [0, 0.1) is 0 Å². The first-order valence-corrected chi connectivity index (χ1v) is 10.3. The molecule has 0 radical (unpaired) electrons. The number of anilines is 1. The smallest absolute Gasteiger partial charge is 0.268 e. The first-order chi connectivity index (χ1) is 12.5. The molecule has 0 spiro atoms. The van der Waals surface area contributed by atoms with Gasteiger partial charge in [0.2, 0.25) is 0 Å². The molecule has 0 saturated carbocycles. The van der Waals surface area contributed by atoms with Crippen molar-refractivity contribution in [3.63, 3.8) is 0 Å². The van der Waals surface area contributed by atoms with Gasteiger partial charge in [0.15, 0.2) is 0 Å². The van der Waals surface area contributed by atoms with E-state index in [1.54, 1.807) is 30.5 Å². The van der Waals surface area contributed by atoms with Gasteiger partial charge in [-0.05, 0) is 44.2 Å². The largest absolute Gasteiger partial charge is 0.368 e. The molecule has 1 fully saturated rings. The first kappa shape index (κ1) is 17.1. The van der Waals surface area contributed by atoms with Gasteiger partial charge in [-0.15, -0.1) is 0 Å². The van der Waals surface area contributed by atoms with Gasteiger partial charge in [0.25, 0.3) is 10.0 Å². The Morgan fingerprint density at radius 3 is 2.31 bits per heavy atom. The number of hydrogen-bond donors (Lipinski definition) is 1. The minimum Gasteiger partial charge on any atom is -0.368 e. The Labute approximate surface area is 154 Å². The molecule has 2 heterocycles. The molecular weight excluding hydrogens is 346 g/mol. The Morgan fingerprint density at radius 1 is 0.923 bits per heavy atom. The average Bonchev–Trinajstić information content (AvgIpc) is 3.06. The van der Waals surface area contributed by atoms with E-state index in [4.69, 9.17) is 0 Å². The van der Waals surface area contributed by atoms with Gasteiger partial charge in [0.1, 0.15) is 0 Å². The SMILES string of the molecule is CC1CN(c2cccc3c2ccn3S(=O)(=O)c2ccccc2)CC(C)N1. The van der Waals surface area contributed by atoms with Crippen molar-refractivity contribution >= 4 is 26.6 Å². The zero-order valence-electron chi connectivity index (χ0n) is 15.0. The average molecular weight is 369 g/mol. The van der Waals surface area contributed by atoms with Crippen molar-refractivity contribution in [2.24, 2.45) is 0 Å². The van der Waals surface area contributed by atoms with Crippen LogP contribution in [-0.2, 0) is 10.0 Å². The van der Waals surface area contributed by atoms with Crippen molar-refractivity contribution in [3.05, 3.63) is 60.8 Å². The molecule has 3 aromatic rings. The summed E-state index contributed by atoms with van der Waals surface area (Å²) in [5, 5.41) is 4.50. The monoisotopic (exact) mass is 369 g/mol. The lowest BCUT2D eigenvalue weighted by atomic mass is 10.1. The lowest BCUT2D eigenvalue weighted by Crippen LogP contribution is -2.54. The number of hydrogen-bond acceptors (Lipinski definition) is 4. The third kappa shape index (κ3) is 2.89. The van der Waals surface area contributed by atoms with Crippen LogP contribution in [0.2, 0.25) is 0 Å². The summed E-state index contributed by atoms with van der Waals surface area (Å²) in [5.41, 5.74) is 1.80. The maximum Gasteiger partial charge on any atom is 0.268 e. The lowest BCUT2D eigenvalue weighted by Gasteiger charge is -2.38. The normalized spacial score (nSPS) is 21.2. The van der Waals surface area contributed by atoms with Crippen LogP contribution in [0.15, 0.2) is 65.7 Å². The molecule has 4 rings (SSSR count). The van der Waals surface area contributed by atoms with E-state index >= 15 is 0 Å². The molecule has 1 saturated heterocycles. The van der Waals surface area contributed by atoms with Crippen molar-refractivity contribution in [3.8, 4) is 0 Å². The van der Waals surface area contributed by atoms with Gasteiger partial charge < -0.3 is 10.2 Å². The van der Waals surface area contributed by atoms with E-state index in [-0.39, 0.29) is 0 Å². The summed E-state index contributed by atoms with van der Waals surface area (Å²) in [6.07, 6.45) is 1.66. The third-order valence-electron chi connectivity index (χ3n) is 4.87. The van der Waals surface area contributed by atoms with Gasteiger partial charge in [-0.2, -0.15) is 0 Å². The predicted octanol–water partition coefficient (Wildman–Crippen LogP) is 3.06. The summed E-state index contributed by atoms with van der Waals surface area (Å²) in [4.78, 5) is 2.64. The quantitative estimate of drug-likeness (QED) is 0.771. The Kier molecular flexibility index (Phi) is 4.25. The molecule has 0 aliphatic carbocycles. The number of aromatic nitrogens is 1. The highest BCUT2D eigenvalue weighted by molar-refractivity contribution is 7.90. The number of fused-ring (bicyclic) bond motifs is 1. The molecule has 6 heteroatoms. The van der Waals surface area contributed by atoms with Crippen LogP contribution < -0.4 is 10.2 Å². The molecule has 2 atom stereocenters. The van der Waals surface area contributed by atoms with Gasteiger partial charge in [-0.1, -0.05) is 24.3 Å². The second-order valence-corrected chi connectivity index (χ2v) is 8.83. The molecule has 1 aromatic heterocycles. The molecule has 136 valence electrons. The molecule has 26 heavy (non-hydrogen) atoms. The van der Waals surface area contributed by atoms with E-state index in [2.05, 4.69) is 30.1 Å². The van der Waals surface area contributed by atoms with Gasteiger partial charge in [0, 0.05) is 42.4 Å². The van der Waals surface area contributed by atoms with E-state index in [1.165, 1.54) is 3.97 Å². The van der Waals surface area contributed by atoms with Crippen LogP contribution in [0.5, 0.6) is 0 Å². The van der Waals surface area contributed by atoms with E-state index in [0.29, 0.717) is 22.5 Å². The zero-order valence-corrected chi connectivity index (χ0v) is 15.8. The molecule has 2 aromatic carbocycles. The molecule has 2 unspecified atom stereocenters. The van der Waals surface area contributed by atoms with Crippen LogP contribution in [-0.4, -0.2) is 37.6 Å². The number of piperazine rings is 1. The summed E-state index contributed by atoms with van der Waals surface area (Å²) in [6.45, 7) is 6.15. The van der Waals surface area contributed by atoms with Crippen LogP contribution >= 0.6 is 0 Å². The first-order valence-electron chi connectivity index (χ1n) is 8.88. The van der Waals surface area contributed by atoms with E-state index in [0.717, 1.165) is 24.2 Å². The van der Waals surface area contributed by atoms with Gasteiger partial charge in [0.05, 0.1) is 10.4 Å². The van der Waals surface area contributed by atoms with Crippen LogP contribution in [0.3, 0.4) is 0 Å². The van der Waals surface area contributed by atoms with Crippen LogP contribution in [0.4, 0.5) is 5.69 Å². The Balaban J connectivity index is 1.81. The van der Waals surface area contributed by atoms with Crippen molar-refractivity contribution in [1.29, 1.82) is 0 Å². The highest BCUT2D eigenvalue weighted by atomic mass is 32.2. The minimum absolute atomic E-state index is 0.298. The van der Waals surface area contributed by atoms with E-state index < -0.39 is 10.0 Å². The minimum atomic E-state index is -3.61. The third-order valence-corrected chi connectivity index (χ3v) is 6.58.